The van der Waals surface area contributed by atoms with Crippen LogP contribution >= 0.6 is 0 Å². The predicted molar refractivity (Wildman–Crippen MR) is 132 cm³/mol. The van der Waals surface area contributed by atoms with E-state index in [1.54, 1.807) is 60.5 Å². The summed E-state index contributed by atoms with van der Waals surface area (Å²) in [7, 11) is 1.56. The van der Waals surface area contributed by atoms with Crippen molar-refractivity contribution in [3.05, 3.63) is 84.4 Å². The second-order valence-electron chi connectivity index (χ2n) is 8.17. The number of anilines is 2. The van der Waals surface area contributed by atoms with Gasteiger partial charge in [-0.2, -0.15) is 0 Å². The number of hydrogen-bond acceptors (Lipinski definition) is 5. The van der Waals surface area contributed by atoms with E-state index in [-0.39, 0.29) is 30.7 Å². The molecule has 3 aromatic carbocycles. The molecule has 35 heavy (non-hydrogen) atoms. The Hall–Kier alpha value is -4.33. The first-order valence-corrected chi connectivity index (χ1v) is 11.3. The molecule has 0 saturated carbocycles. The van der Waals surface area contributed by atoms with Gasteiger partial charge < -0.3 is 25.0 Å². The molecule has 3 aromatic rings. The van der Waals surface area contributed by atoms with Crippen molar-refractivity contribution in [3.63, 3.8) is 0 Å². The van der Waals surface area contributed by atoms with Crippen LogP contribution in [0.5, 0.6) is 11.5 Å². The van der Waals surface area contributed by atoms with Crippen molar-refractivity contribution in [1.82, 2.24) is 5.32 Å². The van der Waals surface area contributed by atoms with E-state index >= 15 is 0 Å². The van der Waals surface area contributed by atoms with Gasteiger partial charge in [-0.25, -0.2) is 0 Å². The summed E-state index contributed by atoms with van der Waals surface area (Å²) < 4.78 is 10.7. The van der Waals surface area contributed by atoms with Crippen LogP contribution < -0.4 is 25.0 Å². The van der Waals surface area contributed by atoms with Crippen LogP contribution in [0.4, 0.5) is 11.4 Å². The van der Waals surface area contributed by atoms with E-state index in [0.29, 0.717) is 36.0 Å². The quantitative estimate of drug-likeness (QED) is 0.497. The Labute approximate surface area is 203 Å². The molecule has 180 valence electrons. The summed E-state index contributed by atoms with van der Waals surface area (Å²) in [5.41, 5.74) is 2.31. The molecule has 0 unspecified atom stereocenters. The van der Waals surface area contributed by atoms with Crippen molar-refractivity contribution < 1.29 is 23.9 Å². The largest absolute Gasteiger partial charge is 0.497 e. The van der Waals surface area contributed by atoms with Gasteiger partial charge in [0.25, 0.3) is 5.91 Å². The number of nitrogens with zero attached hydrogens (tertiary/aromatic N) is 1. The standard InChI is InChI=1S/C27H27N3O5/c1-34-24-9-5-8-21(15-24)29-25(31)18-35-23-12-10-22(11-13-23)30-17-20(14-26(30)32)27(33)28-16-19-6-3-2-4-7-19/h2-13,15,20H,14,16-18H2,1H3,(H,28,33)(H,29,31)/t20-/m1/s1. The number of carbonyl (C=O) groups excluding carboxylic acids is 3. The summed E-state index contributed by atoms with van der Waals surface area (Å²) in [6, 6.07) is 23.6. The third-order valence-corrected chi connectivity index (χ3v) is 5.68. The van der Waals surface area contributed by atoms with Crippen LogP contribution in [0.15, 0.2) is 78.9 Å². The molecule has 0 aromatic heterocycles. The number of carbonyl (C=O) groups is 3. The number of hydrogen-bond donors (Lipinski definition) is 2. The maximum Gasteiger partial charge on any atom is 0.262 e. The maximum absolute atomic E-state index is 12.6. The van der Waals surface area contributed by atoms with Gasteiger partial charge in [0.1, 0.15) is 11.5 Å². The van der Waals surface area contributed by atoms with Gasteiger partial charge in [-0.15, -0.1) is 0 Å². The van der Waals surface area contributed by atoms with Gasteiger partial charge in [-0.3, -0.25) is 14.4 Å². The van der Waals surface area contributed by atoms with E-state index in [4.69, 9.17) is 9.47 Å². The SMILES string of the molecule is COc1cccc(NC(=O)COc2ccc(N3C[C@H](C(=O)NCc4ccccc4)CC3=O)cc2)c1. The lowest BCUT2D eigenvalue weighted by Gasteiger charge is -2.17. The summed E-state index contributed by atoms with van der Waals surface area (Å²) >= 11 is 0. The first-order chi connectivity index (χ1) is 17.0. The molecule has 1 aliphatic rings. The fourth-order valence-electron chi connectivity index (χ4n) is 3.83. The lowest BCUT2D eigenvalue weighted by molar-refractivity contribution is -0.126. The Morgan fingerprint density at radius 3 is 2.49 bits per heavy atom. The number of nitrogens with one attached hydrogen (secondary N) is 2. The van der Waals surface area contributed by atoms with Crippen molar-refractivity contribution in [1.29, 1.82) is 0 Å². The number of ether oxygens (including phenoxy) is 2. The summed E-state index contributed by atoms with van der Waals surface area (Å²) in [5, 5.41) is 5.66. The predicted octanol–water partition coefficient (Wildman–Crippen LogP) is 3.38. The van der Waals surface area contributed by atoms with E-state index in [1.807, 2.05) is 30.3 Å². The van der Waals surface area contributed by atoms with E-state index in [9.17, 15) is 14.4 Å². The molecule has 2 N–H and O–H groups in total. The summed E-state index contributed by atoms with van der Waals surface area (Å²) in [6.07, 6.45) is 0.170. The van der Waals surface area contributed by atoms with E-state index in [2.05, 4.69) is 10.6 Å². The van der Waals surface area contributed by atoms with Crippen molar-refractivity contribution in [2.24, 2.45) is 5.92 Å². The van der Waals surface area contributed by atoms with Crippen LogP contribution in [0.3, 0.4) is 0 Å². The summed E-state index contributed by atoms with van der Waals surface area (Å²) in [6.45, 7) is 0.591. The molecule has 8 heteroatoms. The minimum atomic E-state index is -0.401. The second kappa shape index (κ2) is 11.2. The molecule has 0 spiro atoms. The molecule has 4 rings (SSSR count). The van der Waals surface area contributed by atoms with Crippen LogP contribution in [-0.4, -0.2) is 38.0 Å². The number of rotatable bonds is 9. The Morgan fingerprint density at radius 2 is 1.74 bits per heavy atom. The van der Waals surface area contributed by atoms with Gasteiger partial charge in [-0.1, -0.05) is 36.4 Å². The lowest BCUT2D eigenvalue weighted by Crippen LogP contribution is -2.32. The molecule has 0 aliphatic carbocycles. The van der Waals surface area contributed by atoms with Gasteiger partial charge >= 0.3 is 0 Å². The van der Waals surface area contributed by atoms with Crippen molar-refractivity contribution >= 4 is 29.1 Å². The lowest BCUT2D eigenvalue weighted by atomic mass is 10.1. The second-order valence-corrected chi connectivity index (χ2v) is 8.17. The van der Waals surface area contributed by atoms with Crippen molar-refractivity contribution in [2.75, 3.05) is 30.5 Å². The van der Waals surface area contributed by atoms with Crippen molar-refractivity contribution in [2.45, 2.75) is 13.0 Å². The third-order valence-electron chi connectivity index (χ3n) is 5.68. The molecule has 1 saturated heterocycles. The summed E-state index contributed by atoms with van der Waals surface area (Å²) in [4.78, 5) is 38.9. The van der Waals surface area contributed by atoms with Gasteiger partial charge in [0.2, 0.25) is 11.8 Å². The molecule has 3 amide bonds. The fraction of sp³-hybridized carbons (Fsp3) is 0.222. The summed E-state index contributed by atoms with van der Waals surface area (Å²) in [5.74, 6) is 0.205. The zero-order chi connectivity index (χ0) is 24.6. The Balaban J connectivity index is 1.26. The maximum atomic E-state index is 12.6. The van der Waals surface area contributed by atoms with Crippen LogP contribution in [0, 0.1) is 5.92 Å². The molecule has 8 nitrogen and oxygen atoms in total. The van der Waals surface area contributed by atoms with Gasteiger partial charge in [0, 0.05) is 37.0 Å². The van der Waals surface area contributed by atoms with Crippen LogP contribution in [0.25, 0.3) is 0 Å². The van der Waals surface area contributed by atoms with Crippen LogP contribution in [-0.2, 0) is 20.9 Å². The first-order valence-electron chi connectivity index (χ1n) is 11.3. The normalized spacial score (nSPS) is 14.9. The molecule has 1 atom stereocenters. The minimum absolute atomic E-state index is 0.101. The third kappa shape index (κ3) is 6.38. The number of benzene rings is 3. The Morgan fingerprint density at radius 1 is 0.971 bits per heavy atom. The fourth-order valence-corrected chi connectivity index (χ4v) is 3.83. The Kier molecular flexibility index (Phi) is 7.62. The van der Waals surface area contributed by atoms with Gasteiger partial charge in [0.05, 0.1) is 13.0 Å². The highest BCUT2D eigenvalue weighted by molar-refractivity contribution is 6.00. The smallest absolute Gasteiger partial charge is 0.262 e. The van der Waals surface area contributed by atoms with Gasteiger partial charge in [-0.05, 0) is 42.0 Å². The Bertz CT molecular complexity index is 1180. The molecule has 1 fully saturated rings. The van der Waals surface area contributed by atoms with E-state index in [0.717, 1.165) is 5.56 Å². The highest BCUT2D eigenvalue weighted by Crippen LogP contribution is 2.27. The number of amides is 3. The molecular weight excluding hydrogens is 446 g/mol. The molecule has 0 bridgehead atoms. The van der Waals surface area contributed by atoms with Crippen LogP contribution in [0.2, 0.25) is 0 Å². The average Bonchev–Trinajstić information content (AvgIpc) is 3.28. The molecular formula is C27H27N3O5. The highest BCUT2D eigenvalue weighted by Gasteiger charge is 2.35. The number of methoxy groups -OCH3 is 1. The molecule has 1 heterocycles. The van der Waals surface area contributed by atoms with Crippen LogP contribution in [0.1, 0.15) is 12.0 Å². The monoisotopic (exact) mass is 473 g/mol. The first kappa shape index (κ1) is 23.8. The van der Waals surface area contributed by atoms with Crippen molar-refractivity contribution in [3.8, 4) is 11.5 Å². The minimum Gasteiger partial charge on any atom is -0.497 e. The zero-order valence-electron chi connectivity index (χ0n) is 19.4. The average molecular weight is 474 g/mol. The molecule has 0 radical (unpaired) electrons. The van der Waals surface area contributed by atoms with E-state index in [1.165, 1.54) is 0 Å². The van der Waals surface area contributed by atoms with Gasteiger partial charge in [0.15, 0.2) is 6.61 Å². The highest BCUT2D eigenvalue weighted by atomic mass is 16.5. The van der Waals surface area contributed by atoms with E-state index < -0.39 is 5.92 Å². The topological polar surface area (TPSA) is 97.0 Å². The zero-order valence-corrected chi connectivity index (χ0v) is 19.4. The molecule has 1 aliphatic heterocycles.